The smallest absolute Gasteiger partial charge is 0.357 e. The van der Waals surface area contributed by atoms with E-state index in [1.54, 1.807) is 0 Å². The van der Waals surface area contributed by atoms with Gasteiger partial charge >= 0.3 is 12.4 Å². The van der Waals surface area contributed by atoms with Crippen molar-refractivity contribution in [3.8, 4) is 6.07 Å². The standard InChI is InChI=1S/C12H14F6N2O/c13-11(14,15)9(12(16,17)18)21-8-3-4-10(5-8,6-19)20-7-1-2-7/h7-9,20H,1-5H2. The molecule has 1 N–H and O–H groups in total. The molecule has 2 saturated carbocycles. The van der Waals surface area contributed by atoms with Crippen LogP contribution in [-0.2, 0) is 4.74 Å². The molecule has 9 heteroatoms. The quantitative estimate of drug-likeness (QED) is 0.811. The van der Waals surface area contributed by atoms with E-state index in [2.05, 4.69) is 10.1 Å². The molecule has 0 aromatic rings. The Bertz CT molecular complexity index is 411. The van der Waals surface area contributed by atoms with Gasteiger partial charge < -0.3 is 4.74 Å². The van der Waals surface area contributed by atoms with Gasteiger partial charge in [0.05, 0.1) is 12.2 Å². The number of hydrogen-bond acceptors (Lipinski definition) is 3. The summed E-state index contributed by atoms with van der Waals surface area (Å²) >= 11 is 0. The summed E-state index contributed by atoms with van der Waals surface area (Å²) in [7, 11) is 0. The summed E-state index contributed by atoms with van der Waals surface area (Å²) in [4.78, 5) is 0. The second-order valence-electron chi connectivity index (χ2n) is 5.58. The predicted octanol–water partition coefficient (Wildman–Crippen LogP) is 3.06. The van der Waals surface area contributed by atoms with Crippen LogP contribution in [0.4, 0.5) is 26.3 Å². The summed E-state index contributed by atoms with van der Waals surface area (Å²) < 4.78 is 78.9. The van der Waals surface area contributed by atoms with Gasteiger partial charge in [-0.25, -0.2) is 0 Å². The van der Waals surface area contributed by atoms with Crippen molar-refractivity contribution < 1.29 is 31.1 Å². The lowest BCUT2D eigenvalue weighted by Crippen LogP contribution is -2.47. The van der Waals surface area contributed by atoms with Crippen LogP contribution in [0.2, 0.25) is 0 Å². The maximum Gasteiger partial charge on any atom is 0.423 e. The minimum absolute atomic E-state index is 0.00403. The molecule has 2 unspecified atom stereocenters. The molecule has 0 heterocycles. The van der Waals surface area contributed by atoms with Gasteiger partial charge in [0.2, 0.25) is 6.10 Å². The first kappa shape index (κ1) is 16.4. The van der Waals surface area contributed by atoms with Gasteiger partial charge in [0.1, 0.15) is 5.54 Å². The molecule has 0 aliphatic heterocycles. The zero-order valence-corrected chi connectivity index (χ0v) is 10.9. The normalized spacial score (nSPS) is 30.7. The van der Waals surface area contributed by atoms with Gasteiger partial charge in [-0.15, -0.1) is 0 Å². The van der Waals surface area contributed by atoms with Crippen molar-refractivity contribution in [2.75, 3.05) is 0 Å². The van der Waals surface area contributed by atoms with E-state index < -0.39 is 30.1 Å². The van der Waals surface area contributed by atoms with E-state index in [1.165, 1.54) is 0 Å². The largest absolute Gasteiger partial charge is 0.423 e. The molecule has 3 nitrogen and oxygen atoms in total. The first-order valence-electron chi connectivity index (χ1n) is 6.54. The second-order valence-corrected chi connectivity index (χ2v) is 5.58. The van der Waals surface area contributed by atoms with Gasteiger partial charge in [-0.05, 0) is 25.7 Å². The number of hydrogen-bond donors (Lipinski definition) is 1. The Morgan fingerprint density at radius 3 is 2.10 bits per heavy atom. The molecule has 2 rings (SSSR count). The highest BCUT2D eigenvalue weighted by molar-refractivity contribution is 5.14. The number of halogens is 6. The lowest BCUT2D eigenvalue weighted by atomic mass is 9.99. The maximum atomic E-state index is 12.4. The van der Waals surface area contributed by atoms with E-state index >= 15 is 0 Å². The third-order valence-electron chi connectivity index (χ3n) is 3.66. The third-order valence-corrected chi connectivity index (χ3v) is 3.66. The average Bonchev–Trinajstić information content (AvgIpc) is 3.03. The Hall–Kier alpha value is -1.01. The van der Waals surface area contributed by atoms with Gasteiger partial charge in [0.25, 0.3) is 0 Å². The Balaban J connectivity index is 2.01. The van der Waals surface area contributed by atoms with Gasteiger partial charge in [0, 0.05) is 12.5 Å². The Labute approximate surface area is 117 Å². The van der Waals surface area contributed by atoms with E-state index in [-0.39, 0.29) is 25.3 Å². The van der Waals surface area contributed by atoms with Crippen LogP contribution >= 0.6 is 0 Å². The monoisotopic (exact) mass is 316 g/mol. The van der Waals surface area contributed by atoms with Crippen LogP contribution in [0.5, 0.6) is 0 Å². The number of ether oxygens (including phenoxy) is 1. The fourth-order valence-corrected chi connectivity index (χ4v) is 2.53. The van der Waals surface area contributed by atoms with Gasteiger partial charge in [-0.1, -0.05) is 0 Å². The summed E-state index contributed by atoms with van der Waals surface area (Å²) in [5.74, 6) is 0. The molecular formula is C12H14F6N2O. The van der Waals surface area contributed by atoms with Crippen LogP contribution < -0.4 is 5.32 Å². The fourth-order valence-electron chi connectivity index (χ4n) is 2.53. The highest BCUT2D eigenvalue weighted by atomic mass is 19.4. The van der Waals surface area contributed by atoms with Crippen molar-refractivity contribution in [1.82, 2.24) is 5.32 Å². The molecule has 120 valence electrons. The van der Waals surface area contributed by atoms with Crippen LogP contribution in [0, 0.1) is 11.3 Å². The first-order chi connectivity index (χ1) is 9.56. The minimum atomic E-state index is -5.51. The van der Waals surface area contributed by atoms with E-state index in [0.29, 0.717) is 0 Å². The maximum absolute atomic E-state index is 12.4. The summed E-state index contributed by atoms with van der Waals surface area (Å²) in [6.45, 7) is 0. The molecule has 0 radical (unpaired) electrons. The predicted molar refractivity (Wildman–Crippen MR) is 59.1 cm³/mol. The van der Waals surface area contributed by atoms with Crippen molar-refractivity contribution in [2.24, 2.45) is 0 Å². The topological polar surface area (TPSA) is 45.0 Å². The van der Waals surface area contributed by atoms with Gasteiger partial charge in [-0.3, -0.25) is 5.32 Å². The van der Waals surface area contributed by atoms with E-state index in [4.69, 9.17) is 5.26 Å². The SMILES string of the molecule is N#CC1(NC2CC2)CCC(OC(C(F)(F)F)C(F)(F)F)C1. The first-order valence-corrected chi connectivity index (χ1v) is 6.54. The summed E-state index contributed by atoms with van der Waals surface area (Å²) in [6.07, 6.45) is -14.3. The van der Waals surface area contributed by atoms with Crippen molar-refractivity contribution >= 4 is 0 Å². The number of rotatable bonds is 4. The van der Waals surface area contributed by atoms with E-state index in [9.17, 15) is 26.3 Å². The van der Waals surface area contributed by atoms with Gasteiger partial charge in [-0.2, -0.15) is 31.6 Å². The lowest BCUT2D eigenvalue weighted by molar-refractivity contribution is -0.330. The van der Waals surface area contributed by atoms with Crippen molar-refractivity contribution in [3.63, 3.8) is 0 Å². The van der Waals surface area contributed by atoms with Crippen LogP contribution in [-0.4, -0.2) is 36.1 Å². The van der Waals surface area contributed by atoms with E-state index in [1.807, 2.05) is 6.07 Å². The molecule has 0 bridgehead atoms. The molecule has 0 aromatic heterocycles. The van der Waals surface area contributed by atoms with Crippen LogP contribution in [0.3, 0.4) is 0 Å². The zero-order chi connectivity index (χ0) is 15.9. The van der Waals surface area contributed by atoms with Crippen molar-refractivity contribution in [3.05, 3.63) is 0 Å². The molecule has 2 atom stereocenters. The molecule has 2 aliphatic rings. The van der Waals surface area contributed by atoms with Crippen molar-refractivity contribution in [2.45, 2.75) is 68.2 Å². The summed E-state index contributed by atoms with van der Waals surface area (Å²) in [6, 6.07) is 2.10. The molecular weight excluding hydrogens is 302 g/mol. The molecule has 21 heavy (non-hydrogen) atoms. The average molecular weight is 316 g/mol. The summed E-state index contributed by atoms with van der Waals surface area (Å²) in [5, 5.41) is 12.1. The highest BCUT2D eigenvalue weighted by Gasteiger charge is 2.59. The minimum Gasteiger partial charge on any atom is -0.357 e. The summed E-state index contributed by atoms with van der Waals surface area (Å²) in [5.41, 5.74) is -1.08. The number of nitriles is 1. The molecule has 0 saturated heterocycles. The molecule has 0 amide bonds. The number of nitrogens with one attached hydrogen (secondary N) is 1. The Kier molecular flexibility index (Phi) is 4.14. The number of nitrogens with zero attached hydrogens (tertiary/aromatic N) is 1. The number of alkyl halides is 6. The zero-order valence-electron chi connectivity index (χ0n) is 10.9. The molecule has 0 aromatic carbocycles. The van der Waals surface area contributed by atoms with E-state index in [0.717, 1.165) is 12.8 Å². The van der Waals surface area contributed by atoms with Crippen molar-refractivity contribution in [1.29, 1.82) is 5.26 Å². The lowest BCUT2D eigenvalue weighted by Gasteiger charge is -2.27. The van der Waals surface area contributed by atoms with Crippen LogP contribution in [0.25, 0.3) is 0 Å². The van der Waals surface area contributed by atoms with Crippen LogP contribution in [0.1, 0.15) is 32.1 Å². The van der Waals surface area contributed by atoms with Gasteiger partial charge in [0.15, 0.2) is 0 Å². The molecule has 2 aliphatic carbocycles. The Morgan fingerprint density at radius 2 is 1.67 bits per heavy atom. The second kappa shape index (κ2) is 5.32. The van der Waals surface area contributed by atoms with Crippen LogP contribution in [0.15, 0.2) is 0 Å². The molecule has 2 fully saturated rings. The molecule has 0 spiro atoms. The highest BCUT2D eigenvalue weighted by Crippen LogP contribution is 2.41. The fraction of sp³-hybridized carbons (Fsp3) is 0.917. The third kappa shape index (κ3) is 4.01. The Morgan fingerprint density at radius 1 is 1.10 bits per heavy atom.